The number of para-hydroxylation sites is 1. The average Bonchev–Trinajstić information content (AvgIpc) is 3.45. The van der Waals surface area contributed by atoms with Crippen LogP contribution in [0, 0.1) is 0 Å². The normalized spacial score (nSPS) is 18.7. The van der Waals surface area contributed by atoms with Crippen LogP contribution in [0.25, 0.3) is 20.4 Å². The molecule has 1 amide bonds. The van der Waals surface area contributed by atoms with Gasteiger partial charge in [-0.05, 0) is 62.6 Å². The molecule has 8 heteroatoms. The Kier molecular flexibility index (Phi) is 5.50. The zero-order valence-corrected chi connectivity index (χ0v) is 20.1. The summed E-state index contributed by atoms with van der Waals surface area (Å²) in [5.74, 6) is 0.0956. The number of benzene rings is 1. The topological polar surface area (TPSA) is 68.1 Å². The van der Waals surface area contributed by atoms with Gasteiger partial charge in [0, 0.05) is 24.4 Å². The fraction of sp³-hybridized carbons (Fsp3) is 0.440. The number of hydrogen-bond donors (Lipinski definition) is 0. The summed E-state index contributed by atoms with van der Waals surface area (Å²) in [6.07, 6.45) is 9.34. The summed E-state index contributed by atoms with van der Waals surface area (Å²) in [5.41, 5.74) is 2.21. The molecule has 4 heterocycles. The van der Waals surface area contributed by atoms with E-state index >= 15 is 0 Å². The van der Waals surface area contributed by atoms with Gasteiger partial charge in [0.15, 0.2) is 0 Å². The number of thiophene rings is 1. The van der Waals surface area contributed by atoms with E-state index in [0.29, 0.717) is 13.0 Å². The zero-order chi connectivity index (χ0) is 22.4. The van der Waals surface area contributed by atoms with E-state index in [9.17, 15) is 9.59 Å². The average molecular weight is 479 g/mol. The first kappa shape index (κ1) is 21.0. The van der Waals surface area contributed by atoms with Crippen molar-refractivity contribution >= 4 is 49.0 Å². The van der Waals surface area contributed by atoms with Gasteiger partial charge in [-0.15, -0.1) is 22.7 Å². The van der Waals surface area contributed by atoms with Crippen LogP contribution < -0.4 is 5.56 Å². The maximum absolute atomic E-state index is 13.3. The van der Waals surface area contributed by atoms with Gasteiger partial charge in [0.2, 0.25) is 5.91 Å². The van der Waals surface area contributed by atoms with E-state index in [1.807, 2.05) is 23.1 Å². The Hall–Kier alpha value is -2.58. The lowest BCUT2D eigenvalue weighted by Crippen LogP contribution is -2.39. The lowest BCUT2D eigenvalue weighted by Gasteiger charge is -2.34. The van der Waals surface area contributed by atoms with E-state index < -0.39 is 0 Å². The van der Waals surface area contributed by atoms with Crippen LogP contribution in [0.1, 0.15) is 60.0 Å². The highest BCUT2D eigenvalue weighted by Gasteiger charge is 2.30. The number of fused-ring (bicyclic) bond motifs is 4. The van der Waals surface area contributed by atoms with Crippen LogP contribution in [0.3, 0.4) is 0 Å². The number of thiazole rings is 1. The van der Waals surface area contributed by atoms with Gasteiger partial charge in [0.05, 0.1) is 28.0 Å². The Bertz CT molecular complexity index is 1370. The van der Waals surface area contributed by atoms with E-state index in [4.69, 9.17) is 4.98 Å². The molecular weight excluding hydrogens is 452 g/mol. The number of likely N-dealkylation sites (tertiary alicyclic amines) is 1. The van der Waals surface area contributed by atoms with Crippen molar-refractivity contribution in [3.05, 3.63) is 56.4 Å². The number of amides is 1. The monoisotopic (exact) mass is 478 g/mol. The smallest absolute Gasteiger partial charge is 0.262 e. The fourth-order valence-electron chi connectivity index (χ4n) is 5.22. The molecule has 1 atom stereocenters. The van der Waals surface area contributed by atoms with Crippen molar-refractivity contribution in [3.63, 3.8) is 0 Å². The minimum absolute atomic E-state index is 0.00793. The number of piperidine rings is 1. The Balaban J connectivity index is 1.23. The molecule has 0 bridgehead atoms. The summed E-state index contributed by atoms with van der Waals surface area (Å²) < 4.78 is 2.80. The van der Waals surface area contributed by atoms with E-state index in [2.05, 4.69) is 11.1 Å². The second-order valence-electron chi connectivity index (χ2n) is 9.00. The van der Waals surface area contributed by atoms with Crippen molar-refractivity contribution in [2.45, 2.75) is 64.0 Å². The molecule has 0 radical (unpaired) electrons. The molecule has 33 heavy (non-hydrogen) atoms. The first-order valence-electron chi connectivity index (χ1n) is 11.8. The summed E-state index contributed by atoms with van der Waals surface area (Å²) >= 11 is 3.35. The number of carbonyl (C=O) groups is 1. The highest BCUT2D eigenvalue weighted by Crippen LogP contribution is 2.36. The number of aryl methyl sites for hydroxylation is 3. The molecule has 6 rings (SSSR count). The second-order valence-corrected chi connectivity index (χ2v) is 11.1. The summed E-state index contributed by atoms with van der Waals surface area (Å²) in [5, 5.41) is 1.81. The highest BCUT2D eigenvalue weighted by atomic mass is 32.1. The lowest BCUT2D eigenvalue weighted by atomic mass is 9.97. The number of nitrogens with zero attached hydrogens (tertiary/aromatic N) is 4. The van der Waals surface area contributed by atoms with Crippen molar-refractivity contribution in [1.29, 1.82) is 0 Å². The summed E-state index contributed by atoms with van der Waals surface area (Å²) in [6.45, 7) is 1.12. The molecule has 170 valence electrons. The van der Waals surface area contributed by atoms with Gasteiger partial charge in [-0.2, -0.15) is 0 Å². The van der Waals surface area contributed by atoms with E-state index in [0.717, 1.165) is 70.5 Å². The SMILES string of the molecule is O=C(CCn1cnc2sc3c(c2c1=O)CCCC3)N1CCCCC1c1nc2ccccc2s1. The van der Waals surface area contributed by atoms with Crippen molar-refractivity contribution in [3.8, 4) is 0 Å². The number of rotatable bonds is 4. The molecule has 0 saturated carbocycles. The van der Waals surface area contributed by atoms with Crippen molar-refractivity contribution in [2.24, 2.45) is 0 Å². The lowest BCUT2D eigenvalue weighted by molar-refractivity contribution is -0.135. The van der Waals surface area contributed by atoms with Gasteiger partial charge >= 0.3 is 0 Å². The Morgan fingerprint density at radius 2 is 1.97 bits per heavy atom. The Morgan fingerprint density at radius 1 is 1.09 bits per heavy atom. The van der Waals surface area contributed by atoms with Gasteiger partial charge in [0.1, 0.15) is 9.84 Å². The quantitative estimate of drug-likeness (QED) is 0.410. The molecule has 4 aromatic rings. The van der Waals surface area contributed by atoms with Crippen LogP contribution in [0.2, 0.25) is 0 Å². The van der Waals surface area contributed by atoms with Crippen LogP contribution >= 0.6 is 22.7 Å². The van der Waals surface area contributed by atoms with Gasteiger partial charge < -0.3 is 4.90 Å². The van der Waals surface area contributed by atoms with Crippen molar-refractivity contribution in [1.82, 2.24) is 19.4 Å². The van der Waals surface area contributed by atoms with Gasteiger partial charge in [-0.3, -0.25) is 14.2 Å². The second kappa shape index (κ2) is 8.65. The minimum atomic E-state index is 0.00793. The standard InChI is InChI=1S/C25H26N4O2S2/c30-21(29-13-6-5-9-18(29)23-27-17-8-2-4-11-20(17)33-23)12-14-28-15-26-24-22(25(28)31)16-7-1-3-10-19(16)32-24/h2,4,8,11,15,18H,1,3,5-7,9-10,12-14H2. The molecule has 6 nitrogen and oxygen atoms in total. The summed E-state index contributed by atoms with van der Waals surface area (Å²) in [6, 6.07) is 8.18. The number of carbonyl (C=O) groups excluding carboxylic acids is 1. The first-order chi connectivity index (χ1) is 16.2. The molecular formula is C25H26N4O2S2. The van der Waals surface area contributed by atoms with Gasteiger partial charge in [0.25, 0.3) is 5.56 Å². The van der Waals surface area contributed by atoms with Crippen LogP contribution in [0.5, 0.6) is 0 Å². The van der Waals surface area contributed by atoms with Crippen LogP contribution in [-0.4, -0.2) is 31.9 Å². The van der Waals surface area contributed by atoms with E-state index in [-0.39, 0.29) is 17.5 Å². The third-order valence-electron chi connectivity index (χ3n) is 6.93. The molecule has 3 aromatic heterocycles. The molecule has 1 fully saturated rings. The van der Waals surface area contributed by atoms with Gasteiger partial charge in [-0.1, -0.05) is 12.1 Å². The van der Waals surface area contributed by atoms with Crippen molar-refractivity contribution in [2.75, 3.05) is 6.54 Å². The molecule has 1 aromatic carbocycles. The molecule has 1 saturated heterocycles. The van der Waals surface area contributed by atoms with Crippen LogP contribution in [-0.2, 0) is 24.2 Å². The number of hydrogen-bond acceptors (Lipinski definition) is 6. The summed E-state index contributed by atoms with van der Waals surface area (Å²) in [7, 11) is 0. The zero-order valence-electron chi connectivity index (χ0n) is 18.5. The minimum Gasteiger partial charge on any atom is -0.333 e. The third kappa shape index (κ3) is 3.79. The highest BCUT2D eigenvalue weighted by molar-refractivity contribution is 7.19. The maximum atomic E-state index is 13.3. The van der Waals surface area contributed by atoms with Crippen LogP contribution in [0.4, 0.5) is 0 Å². The molecule has 0 N–H and O–H groups in total. The van der Waals surface area contributed by atoms with E-state index in [1.54, 1.807) is 33.6 Å². The number of aromatic nitrogens is 3. The van der Waals surface area contributed by atoms with Gasteiger partial charge in [-0.25, -0.2) is 9.97 Å². The largest absolute Gasteiger partial charge is 0.333 e. The van der Waals surface area contributed by atoms with Crippen molar-refractivity contribution < 1.29 is 4.79 Å². The Labute approximate surface area is 199 Å². The third-order valence-corrected chi connectivity index (χ3v) is 9.26. The first-order valence-corrected chi connectivity index (χ1v) is 13.5. The fourth-order valence-corrected chi connectivity index (χ4v) is 7.55. The van der Waals surface area contributed by atoms with Crippen LogP contribution in [0.15, 0.2) is 35.4 Å². The molecule has 1 aliphatic heterocycles. The Morgan fingerprint density at radius 3 is 2.88 bits per heavy atom. The summed E-state index contributed by atoms with van der Waals surface area (Å²) in [4.78, 5) is 40.1. The molecule has 1 unspecified atom stereocenters. The predicted molar refractivity (Wildman–Crippen MR) is 133 cm³/mol. The van der Waals surface area contributed by atoms with E-state index in [1.165, 1.54) is 16.9 Å². The molecule has 2 aliphatic rings. The molecule has 0 spiro atoms. The maximum Gasteiger partial charge on any atom is 0.262 e. The predicted octanol–water partition coefficient (Wildman–Crippen LogP) is 5.09. The molecule has 1 aliphatic carbocycles.